The number of aliphatic hydroxyl groups is 1. The summed E-state index contributed by atoms with van der Waals surface area (Å²) in [5.41, 5.74) is 0.485. The molecule has 2 N–H and O–H groups in total. The first kappa shape index (κ1) is 8.47. The normalized spacial score (nSPS) is 19.5. The van der Waals surface area contributed by atoms with Crippen molar-refractivity contribution in [2.75, 3.05) is 13.1 Å². The van der Waals surface area contributed by atoms with E-state index in [4.69, 9.17) is 0 Å². The first-order valence-electron chi connectivity index (χ1n) is 4.31. The topological polar surface area (TPSA) is 50.1 Å². The van der Waals surface area contributed by atoms with E-state index in [0.717, 1.165) is 5.56 Å². The van der Waals surface area contributed by atoms with Gasteiger partial charge in [0.25, 0.3) is 0 Å². The Balaban J connectivity index is 2.04. The fourth-order valence-corrected chi connectivity index (χ4v) is 1.49. The lowest BCUT2D eigenvalue weighted by molar-refractivity contribution is -0.00902. The highest BCUT2D eigenvalue weighted by Gasteiger charge is 2.34. The Morgan fingerprint density at radius 3 is 3.00 bits per heavy atom. The zero-order valence-electron chi connectivity index (χ0n) is 7.40. The van der Waals surface area contributed by atoms with Gasteiger partial charge in [0.2, 0.25) is 0 Å². The molecule has 0 radical (unpaired) electrons. The Bertz CT molecular complexity index is 314. The van der Waals surface area contributed by atoms with Crippen LogP contribution in [-0.2, 0) is 6.42 Å². The van der Waals surface area contributed by atoms with Gasteiger partial charge in [-0.25, -0.2) is 4.68 Å². The van der Waals surface area contributed by atoms with Crippen LogP contribution in [0, 0.1) is 0 Å². The van der Waals surface area contributed by atoms with Crippen molar-refractivity contribution in [2.45, 2.75) is 12.0 Å². The monoisotopic (exact) mass is 179 g/mol. The Labute approximate surface area is 76.9 Å². The zero-order chi connectivity index (χ0) is 9.31. The number of hydrogen-bond acceptors (Lipinski definition) is 3. The standard InChI is InChI=1S/C9H13N3O/c1-2-12-5-8(4-11-12)3-9(13)6-10-7-9/h2,4-5,10,13H,1,3,6-7H2. The molecule has 0 atom stereocenters. The molecular weight excluding hydrogens is 166 g/mol. The molecule has 2 heterocycles. The molecule has 1 fully saturated rings. The summed E-state index contributed by atoms with van der Waals surface area (Å²) in [5, 5.41) is 16.9. The molecule has 4 heteroatoms. The van der Waals surface area contributed by atoms with Crippen molar-refractivity contribution in [3.05, 3.63) is 24.5 Å². The molecule has 0 aliphatic carbocycles. The number of hydrogen-bond donors (Lipinski definition) is 2. The molecule has 0 amide bonds. The van der Waals surface area contributed by atoms with Gasteiger partial charge in [0, 0.05) is 31.9 Å². The number of nitrogens with zero attached hydrogens (tertiary/aromatic N) is 2. The van der Waals surface area contributed by atoms with E-state index in [2.05, 4.69) is 17.0 Å². The van der Waals surface area contributed by atoms with Crippen LogP contribution in [0.2, 0.25) is 0 Å². The Kier molecular flexibility index (Phi) is 1.94. The van der Waals surface area contributed by atoms with Crippen molar-refractivity contribution in [1.29, 1.82) is 0 Å². The molecule has 0 spiro atoms. The molecule has 1 aromatic heterocycles. The van der Waals surface area contributed by atoms with Crippen molar-refractivity contribution in [3.8, 4) is 0 Å². The number of aromatic nitrogens is 2. The van der Waals surface area contributed by atoms with E-state index in [1.165, 1.54) is 0 Å². The van der Waals surface area contributed by atoms with Gasteiger partial charge < -0.3 is 10.4 Å². The summed E-state index contributed by atoms with van der Waals surface area (Å²) in [6.07, 6.45) is 5.93. The van der Waals surface area contributed by atoms with Crippen LogP contribution in [0.25, 0.3) is 6.20 Å². The van der Waals surface area contributed by atoms with Gasteiger partial charge in [-0.2, -0.15) is 5.10 Å². The van der Waals surface area contributed by atoms with E-state index in [1.54, 1.807) is 17.1 Å². The van der Waals surface area contributed by atoms with Gasteiger partial charge in [-0.05, 0) is 5.56 Å². The smallest absolute Gasteiger partial charge is 0.0936 e. The first-order chi connectivity index (χ1) is 6.22. The van der Waals surface area contributed by atoms with Crippen molar-refractivity contribution < 1.29 is 5.11 Å². The Morgan fingerprint density at radius 2 is 2.54 bits per heavy atom. The van der Waals surface area contributed by atoms with Crippen LogP contribution < -0.4 is 5.32 Å². The van der Waals surface area contributed by atoms with Gasteiger partial charge in [0.15, 0.2) is 0 Å². The quantitative estimate of drug-likeness (QED) is 0.679. The molecule has 1 aliphatic heterocycles. The molecule has 1 saturated heterocycles. The first-order valence-corrected chi connectivity index (χ1v) is 4.31. The van der Waals surface area contributed by atoms with E-state index in [1.807, 2.05) is 6.20 Å². The molecule has 0 bridgehead atoms. The fraction of sp³-hybridized carbons (Fsp3) is 0.444. The highest BCUT2D eigenvalue weighted by molar-refractivity contribution is 5.19. The minimum Gasteiger partial charge on any atom is -0.387 e. The second-order valence-corrected chi connectivity index (χ2v) is 3.52. The number of β-amino-alcohol motifs (C(OH)–C–C–N with tert-alkyl or cyclic N) is 1. The lowest BCUT2D eigenvalue weighted by atomic mass is 9.90. The van der Waals surface area contributed by atoms with Gasteiger partial charge in [-0.3, -0.25) is 0 Å². The molecular formula is C9H13N3O. The molecule has 0 aromatic carbocycles. The molecule has 13 heavy (non-hydrogen) atoms. The van der Waals surface area contributed by atoms with Crippen LogP contribution in [0.15, 0.2) is 19.0 Å². The average Bonchev–Trinajstić information content (AvgIpc) is 2.49. The maximum Gasteiger partial charge on any atom is 0.0936 e. The van der Waals surface area contributed by atoms with Crippen LogP contribution in [0.4, 0.5) is 0 Å². The minimum absolute atomic E-state index is 0.560. The Morgan fingerprint density at radius 1 is 1.77 bits per heavy atom. The lowest BCUT2D eigenvalue weighted by Crippen LogP contribution is -2.60. The molecule has 0 saturated carbocycles. The second kappa shape index (κ2) is 2.97. The van der Waals surface area contributed by atoms with Gasteiger partial charge >= 0.3 is 0 Å². The predicted octanol–water partition coefficient (Wildman–Crippen LogP) is -0.140. The van der Waals surface area contributed by atoms with E-state index in [-0.39, 0.29) is 0 Å². The highest BCUT2D eigenvalue weighted by Crippen LogP contribution is 2.16. The van der Waals surface area contributed by atoms with E-state index in [0.29, 0.717) is 19.5 Å². The SMILES string of the molecule is C=Cn1cc(CC2(O)CNC2)cn1. The van der Waals surface area contributed by atoms with Gasteiger partial charge in [0.1, 0.15) is 0 Å². The molecule has 1 aliphatic rings. The predicted molar refractivity (Wildman–Crippen MR) is 50.1 cm³/mol. The summed E-state index contributed by atoms with van der Waals surface area (Å²) < 4.78 is 1.64. The summed E-state index contributed by atoms with van der Waals surface area (Å²) in [6, 6.07) is 0. The maximum absolute atomic E-state index is 9.82. The fourth-order valence-electron chi connectivity index (χ4n) is 1.49. The minimum atomic E-state index is -0.560. The third-order valence-electron chi connectivity index (χ3n) is 2.28. The molecule has 4 nitrogen and oxygen atoms in total. The number of nitrogens with one attached hydrogen (secondary N) is 1. The van der Waals surface area contributed by atoms with Crippen LogP contribution in [-0.4, -0.2) is 33.6 Å². The van der Waals surface area contributed by atoms with Crippen LogP contribution in [0.5, 0.6) is 0 Å². The second-order valence-electron chi connectivity index (χ2n) is 3.52. The van der Waals surface area contributed by atoms with Crippen molar-refractivity contribution >= 4 is 6.20 Å². The third-order valence-corrected chi connectivity index (χ3v) is 2.28. The summed E-state index contributed by atoms with van der Waals surface area (Å²) in [7, 11) is 0. The largest absolute Gasteiger partial charge is 0.387 e. The molecule has 2 rings (SSSR count). The summed E-state index contributed by atoms with van der Waals surface area (Å²) in [6.45, 7) is 4.95. The summed E-state index contributed by atoms with van der Waals surface area (Å²) in [5.74, 6) is 0. The summed E-state index contributed by atoms with van der Waals surface area (Å²) in [4.78, 5) is 0. The van der Waals surface area contributed by atoms with Gasteiger partial charge in [-0.15, -0.1) is 0 Å². The van der Waals surface area contributed by atoms with Crippen molar-refractivity contribution in [1.82, 2.24) is 15.1 Å². The van der Waals surface area contributed by atoms with Gasteiger partial charge in [0.05, 0.1) is 11.8 Å². The van der Waals surface area contributed by atoms with E-state index in [9.17, 15) is 5.11 Å². The van der Waals surface area contributed by atoms with Crippen LogP contribution >= 0.6 is 0 Å². The highest BCUT2D eigenvalue weighted by atomic mass is 16.3. The van der Waals surface area contributed by atoms with Crippen LogP contribution in [0.1, 0.15) is 5.56 Å². The Hall–Kier alpha value is -1.13. The lowest BCUT2D eigenvalue weighted by Gasteiger charge is -2.37. The number of rotatable bonds is 3. The maximum atomic E-state index is 9.82. The zero-order valence-corrected chi connectivity index (χ0v) is 7.40. The van der Waals surface area contributed by atoms with E-state index < -0.39 is 5.60 Å². The van der Waals surface area contributed by atoms with Crippen molar-refractivity contribution in [3.63, 3.8) is 0 Å². The third kappa shape index (κ3) is 1.64. The van der Waals surface area contributed by atoms with Crippen molar-refractivity contribution in [2.24, 2.45) is 0 Å². The molecule has 1 aromatic rings. The summed E-state index contributed by atoms with van der Waals surface area (Å²) >= 11 is 0. The van der Waals surface area contributed by atoms with Gasteiger partial charge in [-0.1, -0.05) is 6.58 Å². The van der Waals surface area contributed by atoms with E-state index >= 15 is 0 Å². The molecule has 70 valence electrons. The molecule has 0 unspecified atom stereocenters. The average molecular weight is 179 g/mol. The van der Waals surface area contributed by atoms with Crippen LogP contribution in [0.3, 0.4) is 0 Å².